The lowest BCUT2D eigenvalue weighted by molar-refractivity contribution is 0.0971. The smallest absolute Gasteiger partial charge is 0.164 e. The Labute approximate surface area is 181 Å². The van der Waals surface area contributed by atoms with Crippen LogP contribution in [0.5, 0.6) is 0 Å². The molecule has 0 atom stereocenters. The van der Waals surface area contributed by atoms with Crippen molar-refractivity contribution in [3.63, 3.8) is 0 Å². The van der Waals surface area contributed by atoms with Crippen LogP contribution in [0, 0.1) is 0 Å². The lowest BCUT2D eigenvalue weighted by atomic mass is 9.94. The molecule has 0 saturated carbocycles. The van der Waals surface area contributed by atoms with Crippen LogP contribution in [-0.4, -0.2) is 11.6 Å². The van der Waals surface area contributed by atoms with Crippen molar-refractivity contribution in [3.05, 3.63) is 47.5 Å². The van der Waals surface area contributed by atoms with Crippen LogP contribution in [0.1, 0.15) is 98.8 Å². The number of unbranched alkanes of at least 4 members (excludes halogenated alkanes) is 6. The van der Waals surface area contributed by atoms with Crippen LogP contribution < -0.4 is 11.5 Å². The monoisotopic (exact) mass is 408 g/mol. The molecule has 0 amide bonds. The van der Waals surface area contributed by atoms with Crippen LogP contribution in [0.3, 0.4) is 0 Å². The van der Waals surface area contributed by atoms with E-state index >= 15 is 0 Å². The highest BCUT2D eigenvalue weighted by molar-refractivity contribution is 6.03. The number of anilines is 2. The molecule has 0 fully saturated rings. The summed E-state index contributed by atoms with van der Waals surface area (Å²) in [6.07, 6.45) is 9.48. The Morgan fingerprint density at radius 1 is 0.633 bits per heavy atom. The minimum absolute atomic E-state index is 0.0770. The Kier molecular flexibility index (Phi) is 9.59. The number of hydrogen-bond acceptors (Lipinski definition) is 4. The molecule has 0 unspecified atom stereocenters. The molecule has 0 aromatic heterocycles. The van der Waals surface area contributed by atoms with Crippen LogP contribution in [0.2, 0.25) is 0 Å². The van der Waals surface area contributed by atoms with Gasteiger partial charge in [0.05, 0.1) is 0 Å². The van der Waals surface area contributed by atoms with Crippen molar-refractivity contribution in [2.45, 2.75) is 78.1 Å². The largest absolute Gasteiger partial charge is 0.398 e. The molecule has 0 saturated heterocycles. The summed E-state index contributed by atoms with van der Waals surface area (Å²) in [6.45, 7) is 4.31. The van der Waals surface area contributed by atoms with Crippen LogP contribution >= 0.6 is 0 Å². The quantitative estimate of drug-likeness (QED) is 0.216. The maximum atomic E-state index is 12.7. The summed E-state index contributed by atoms with van der Waals surface area (Å²) in [5.41, 5.74) is 16.1. The molecule has 162 valence electrons. The molecule has 2 aromatic rings. The van der Waals surface area contributed by atoms with E-state index in [-0.39, 0.29) is 11.6 Å². The highest BCUT2D eigenvalue weighted by atomic mass is 16.1. The van der Waals surface area contributed by atoms with Gasteiger partial charge in [0.2, 0.25) is 0 Å². The number of Topliss-reactive ketones (excluding diaryl/α,β-unsaturated/α-hetero) is 2. The van der Waals surface area contributed by atoms with Crippen molar-refractivity contribution in [1.29, 1.82) is 0 Å². The fourth-order valence-corrected chi connectivity index (χ4v) is 3.65. The van der Waals surface area contributed by atoms with Gasteiger partial charge < -0.3 is 11.5 Å². The first-order valence-electron chi connectivity index (χ1n) is 11.3. The molecular weight excluding hydrogens is 372 g/mol. The summed E-state index contributed by atoms with van der Waals surface area (Å²) < 4.78 is 0. The lowest BCUT2D eigenvalue weighted by Crippen LogP contribution is -2.05. The highest BCUT2D eigenvalue weighted by Crippen LogP contribution is 2.28. The van der Waals surface area contributed by atoms with Gasteiger partial charge in [0.1, 0.15) is 0 Å². The first-order valence-corrected chi connectivity index (χ1v) is 11.3. The van der Waals surface area contributed by atoms with E-state index in [2.05, 4.69) is 13.8 Å². The number of ketones is 2. The Balaban J connectivity index is 2.19. The third-order valence-electron chi connectivity index (χ3n) is 5.56. The molecule has 4 heteroatoms. The molecule has 4 N–H and O–H groups in total. The van der Waals surface area contributed by atoms with Gasteiger partial charge in [-0.25, -0.2) is 0 Å². The number of nitrogens with two attached hydrogens (primary N) is 2. The first kappa shape index (κ1) is 23.7. The van der Waals surface area contributed by atoms with E-state index in [1.54, 1.807) is 12.1 Å². The van der Waals surface area contributed by atoms with E-state index in [1.807, 2.05) is 24.3 Å². The van der Waals surface area contributed by atoms with Crippen molar-refractivity contribution in [3.8, 4) is 11.1 Å². The highest BCUT2D eigenvalue weighted by Gasteiger charge is 2.14. The van der Waals surface area contributed by atoms with Gasteiger partial charge in [0.15, 0.2) is 11.6 Å². The average Bonchev–Trinajstić information content (AvgIpc) is 2.74. The summed E-state index contributed by atoms with van der Waals surface area (Å²) in [6, 6.07) is 11.0. The molecule has 0 aliphatic heterocycles. The molecule has 0 aliphatic rings. The zero-order valence-corrected chi connectivity index (χ0v) is 18.5. The molecule has 0 aliphatic carbocycles. The van der Waals surface area contributed by atoms with E-state index in [1.165, 1.54) is 0 Å². The van der Waals surface area contributed by atoms with Gasteiger partial charge in [-0.05, 0) is 48.2 Å². The van der Waals surface area contributed by atoms with Crippen molar-refractivity contribution >= 4 is 22.9 Å². The van der Waals surface area contributed by atoms with E-state index in [0.29, 0.717) is 35.3 Å². The van der Waals surface area contributed by atoms with Crippen LogP contribution in [0.15, 0.2) is 36.4 Å². The molecular formula is C26H36N2O2. The zero-order valence-electron chi connectivity index (χ0n) is 18.5. The fraction of sp³-hybridized carbons (Fsp3) is 0.462. The number of rotatable bonds is 13. The molecule has 30 heavy (non-hydrogen) atoms. The van der Waals surface area contributed by atoms with E-state index < -0.39 is 0 Å². The summed E-state index contributed by atoms with van der Waals surface area (Å²) in [4.78, 5) is 25.3. The summed E-state index contributed by atoms with van der Waals surface area (Å²) in [5.74, 6) is 0.154. The second-order valence-electron chi connectivity index (χ2n) is 8.07. The second kappa shape index (κ2) is 12.2. The number of benzene rings is 2. The molecule has 2 rings (SSSR count). The van der Waals surface area contributed by atoms with Crippen LogP contribution in [-0.2, 0) is 0 Å². The van der Waals surface area contributed by atoms with Crippen LogP contribution in [0.4, 0.5) is 11.4 Å². The molecule has 0 spiro atoms. The molecule has 0 radical (unpaired) electrons. The van der Waals surface area contributed by atoms with Crippen molar-refractivity contribution in [2.24, 2.45) is 0 Å². The zero-order chi connectivity index (χ0) is 21.9. The minimum atomic E-state index is 0.0770. The SMILES string of the molecule is CCCCCCC(=O)c1cc(-c2ccc(N)c(C(=O)CCCCCC)c2)ccc1N. The van der Waals surface area contributed by atoms with Gasteiger partial charge in [-0.3, -0.25) is 9.59 Å². The Hall–Kier alpha value is -2.62. The average molecular weight is 409 g/mol. The Morgan fingerprint density at radius 2 is 1.03 bits per heavy atom. The van der Waals surface area contributed by atoms with Gasteiger partial charge in [-0.15, -0.1) is 0 Å². The standard InChI is InChI=1S/C26H36N2O2/c1-3-5-7-9-11-25(29)21-17-19(13-15-23(21)27)20-14-16-24(28)22(18-20)26(30)12-10-8-6-4-2/h13-18H,3-12,27-28H2,1-2H3. The molecule has 0 heterocycles. The summed E-state index contributed by atoms with van der Waals surface area (Å²) in [7, 11) is 0. The number of carbonyl (C=O) groups is 2. The van der Waals surface area contributed by atoms with Gasteiger partial charge in [0, 0.05) is 35.3 Å². The van der Waals surface area contributed by atoms with Crippen molar-refractivity contribution < 1.29 is 9.59 Å². The molecule has 4 nitrogen and oxygen atoms in total. The second-order valence-corrected chi connectivity index (χ2v) is 8.07. The number of carbonyl (C=O) groups excluding carboxylic acids is 2. The molecule has 0 bridgehead atoms. The maximum absolute atomic E-state index is 12.7. The summed E-state index contributed by atoms with van der Waals surface area (Å²) in [5, 5.41) is 0. The Bertz CT molecular complexity index is 787. The first-order chi connectivity index (χ1) is 14.5. The summed E-state index contributed by atoms with van der Waals surface area (Å²) >= 11 is 0. The lowest BCUT2D eigenvalue weighted by Gasteiger charge is -2.11. The van der Waals surface area contributed by atoms with Gasteiger partial charge in [-0.2, -0.15) is 0 Å². The normalized spacial score (nSPS) is 10.9. The molecule has 2 aromatic carbocycles. The number of nitrogen functional groups attached to an aromatic ring is 2. The third-order valence-corrected chi connectivity index (χ3v) is 5.56. The third kappa shape index (κ3) is 6.72. The topological polar surface area (TPSA) is 86.2 Å². The van der Waals surface area contributed by atoms with Crippen molar-refractivity contribution in [1.82, 2.24) is 0 Å². The van der Waals surface area contributed by atoms with Gasteiger partial charge in [-0.1, -0.05) is 64.5 Å². The maximum Gasteiger partial charge on any atom is 0.164 e. The minimum Gasteiger partial charge on any atom is -0.398 e. The van der Waals surface area contributed by atoms with E-state index in [0.717, 1.165) is 62.5 Å². The predicted octanol–water partition coefficient (Wildman–Crippen LogP) is 6.82. The van der Waals surface area contributed by atoms with Crippen molar-refractivity contribution in [2.75, 3.05) is 11.5 Å². The fourth-order valence-electron chi connectivity index (χ4n) is 3.65. The predicted molar refractivity (Wildman–Crippen MR) is 127 cm³/mol. The van der Waals surface area contributed by atoms with Gasteiger partial charge >= 0.3 is 0 Å². The Morgan fingerprint density at radius 3 is 1.40 bits per heavy atom. The number of hydrogen-bond donors (Lipinski definition) is 2. The van der Waals surface area contributed by atoms with Gasteiger partial charge in [0.25, 0.3) is 0 Å². The van der Waals surface area contributed by atoms with E-state index in [9.17, 15) is 9.59 Å². The van der Waals surface area contributed by atoms with Crippen LogP contribution in [0.25, 0.3) is 11.1 Å². The van der Waals surface area contributed by atoms with E-state index in [4.69, 9.17) is 11.5 Å².